The summed E-state index contributed by atoms with van der Waals surface area (Å²) in [6.07, 6.45) is 5.48. The van der Waals surface area contributed by atoms with E-state index in [1.165, 1.54) is 12.4 Å². The Morgan fingerprint density at radius 1 is 1.21 bits per heavy atom. The minimum atomic E-state index is -0.408. The average Bonchev–Trinajstić information content (AvgIpc) is 2.47. The molecular weight excluding hydrogens is 247 g/mol. The summed E-state index contributed by atoms with van der Waals surface area (Å²) in [7, 11) is 0. The molecule has 2 saturated heterocycles. The van der Waals surface area contributed by atoms with Gasteiger partial charge in [0.05, 0.1) is 12.4 Å². The molecule has 0 N–H and O–H groups in total. The van der Waals surface area contributed by atoms with Gasteiger partial charge in [-0.05, 0) is 12.8 Å². The lowest BCUT2D eigenvalue weighted by molar-refractivity contribution is -0.113. The molecule has 2 aliphatic heterocycles. The first-order chi connectivity index (χ1) is 9.26. The first-order valence-electron chi connectivity index (χ1n) is 6.68. The van der Waals surface area contributed by atoms with Crippen molar-refractivity contribution in [3.05, 3.63) is 18.2 Å². The van der Waals surface area contributed by atoms with Gasteiger partial charge in [0.15, 0.2) is 5.82 Å². The van der Waals surface area contributed by atoms with Crippen molar-refractivity contribution in [2.75, 3.05) is 31.1 Å². The van der Waals surface area contributed by atoms with Crippen molar-refractivity contribution in [2.24, 2.45) is 5.92 Å². The molecule has 6 heteroatoms. The number of carbonyl (C=O) groups excluding carboxylic acids is 1. The van der Waals surface area contributed by atoms with Gasteiger partial charge in [-0.15, -0.1) is 0 Å². The zero-order chi connectivity index (χ0) is 13.2. The van der Waals surface area contributed by atoms with E-state index in [2.05, 4.69) is 19.8 Å². The smallest absolute Gasteiger partial charge is 0.225 e. The van der Waals surface area contributed by atoms with Crippen LogP contribution in [0.2, 0.25) is 0 Å². The molecule has 1 aromatic rings. The van der Waals surface area contributed by atoms with Gasteiger partial charge in [0.1, 0.15) is 6.29 Å². The third kappa shape index (κ3) is 2.58. The molecule has 3 heterocycles. The van der Waals surface area contributed by atoms with E-state index in [-0.39, 0.29) is 5.92 Å². The third-order valence-electron chi connectivity index (χ3n) is 4.03. The maximum Gasteiger partial charge on any atom is 0.225 e. The summed E-state index contributed by atoms with van der Waals surface area (Å²) in [6.45, 7) is 3.47. The Labute approximate surface area is 111 Å². The zero-order valence-corrected chi connectivity index (χ0v) is 10.7. The number of nitrogens with zero attached hydrogens (tertiary/aromatic N) is 4. The standard InChI is InChI=1S/C13H17FN4O/c14-11-5-15-13(16-6-11)18-4-3-17-7-10(9-19)1-2-12(17)8-18/h5-6,9-10,12H,1-4,7-8H2/t10-,12+/m1/s1. The van der Waals surface area contributed by atoms with E-state index < -0.39 is 5.82 Å². The van der Waals surface area contributed by atoms with Gasteiger partial charge < -0.3 is 9.69 Å². The maximum atomic E-state index is 12.8. The number of piperazine rings is 1. The Morgan fingerprint density at radius 2 is 2.00 bits per heavy atom. The van der Waals surface area contributed by atoms with Crippen LogP contribution in [0.15, 0.2) is 12.4 Å². The molecule has 19 heavy (non-hydrogen) atoms. The quantitative estimate of drug-likeness (QED) is 0.737. The number of aromatic nitrogens is 2. The molecule has 1 aromatic heterocycles. The van der Waals surface area contributed by atoms with Crippen molar-refractivity contribution in [3.8, 4) is 0 Å². The number of carbonyl (C=O) groups is 1. The van der Waals surface area contributed by atoms with E-state index in [9.17, 15) is 9.18 Å². The van der Waals surface area contributed by atoms with Gasteiger partial charge in [0, 0.05) is 38.1 Å². The number of anilines is 1. The Bertz CT molecular complexity index is 452. The van der Waals surface area contributed by atoms with Crippen molar-refractivity contribution in [3.63, 3.8) is 0 Å². The Kier molecular flexibility index (Phi) is 3.42. The second kappa shape index (κ2) is 5.21. The molecule has 0 aromatic carbocycles. The van der Waals surface area contributed by atoms with Gasteiger partial charge in [0.2, 0.25) is 5.95 Å². The topological polar surface area (TPSA) is 49.3 Å². The number of hydrogen-bond acceptors (Lipinski definition) is 5. The lowest BCUT2D eigenvalue weighted by Crippen LogP contribution is -2.57. The second-order valence-electron chi connectivity index (χ2n) is 5.27. The van der Waals surface area contributed by atoms with Gasteiger partial charge >= 0.3 is 0 Å². The van der Waals surface area contributed by atoms with Crippen LogP contribution in [0.25, 0.3) is 0 Å². The monoisotopic (exact) mass is 264 g/mol. The fourth-order valence-electron chi connectivity index (χ4n) is 2.97. The first-order valence-corrected chi connectivity index (χ1v) is 6.68. The first kappa shape index (κ1) is 12.5. The normalized spacial score (nSPS) is 27.9. The number of fused-ring (bicyclic) bond motifs is 1. The molecule has 2 atom stereocenters. The summed E-state index contributed by atoms with van der Waals surface area (Å²) in [6, 6.07) is 0.457. The molecule has 5 nitrogen and oxygen atoms in total. The lowest BCUT2D eigenvalue weighted by Gasteiger charge is -2.45. The van der Waals surface area contributed by atoms with E-state index >= 15 is 0 Å². The van der Waals surface area contributed by atoms with Gasteiger partial charge in [-0.1, -0.05) is 0 Å². The molecule has 0 bridgehead atoms. The third-order valence-corrected chi connectivity index (χ3v) is 4.03. The highest BCUT2D eigenvalue weighted by Crippen LogP contribution is 2.25. The Morgan fingerprint density at radius 3 is 2.74 bits per heavy atom. The molecule has 3 rings (SSSR count). The van der Waals surface area contributed by atoms with Crippen molar-refractivity contribution in [2.45, 2.75) is 18.9 Å². The molecular formula is C13H17FN4O. The van der Waals surface area contributed by atoms with Crippen LogP contribution < -0.4 is 4.90 Å². The lowest BCUT2D eigenvalue weighted by atomic mass is 9.92. The molecule has 0 spiro atoms. The van der Waals surface area contributed by atoms with Crippen LogP contribution in [0.3, 0.4) is 0 Å². The van der Waals surface area contributed by atoms with Crippen molar-refractivity contribution >= 4 is 12.2 Å². The summed E-state index contributed by atoms with van der Waals surface area (Å²) in [4.78, 5) is 23.4. The number of hydrogen-bond donors (Lipinski definition) is 0. The summed E-state index contributed by atoms with van der Waals surface area (Å²) in [5.74, 6) is 0.373. The van der Waals surface area contributed by atoms with E-state index in [0.29, 0.717) is 12.0 Å². The molecule has 2 fully saturated rings. The van der Waals surface area contributed by atoms with Gasteiger partial charge in [-0.25, -0.2) is 14.4 Å². The van der Waals surface area contributed by atoms with E-state index in [4.69, 9.17) is 0 Å². The van der Waals surface area contributed by atoms with E-state index in [1.807, 2.05) is 0 Å². The van der Waals surface area contributed by atoms with E-state index in [1.54, 1.807) is 0 Å². The van der Waals surface area contributed by atoms with Crippen LogP contribution in [0, 0.1) is 11.7 Å². The summed E-state index contributed by atoms with van der Waals surface area (Å²) < 4.78 is 12.8. The van der Waals surface area contributed by atoms with Crippen molar-refractivity contribution < 1.29 is 9.18 Å². The summed E-state index contributed by atoms with van der Waals surface area (Å²) >= 11 is 0. The van der Waals surface area contributed by atoms with E-state index in [0.717, 1.165) is 45.3 Å². The number of halogens is 1. The van der Waals surface area contributed by atoms with Gasteiger partial charge in [-0.3, -0.25) is 4.90 Å². The predicted molar refractivity (Wildman–Crippen MR) is 68.4 cm³/mol. The highest BCUT2D eigenvalue weighted by molar-refractivity contribution is 5.54. The van der Waals surface area contributed by atoms with Crippen LogP contribution in [0.1, 0.15) is 12.8 Å². The molecule has 0 saturated carbocycles. The van der Waals surface area contributed by atoms with Gasteiger partial charge in [0.25, 0.3) is 0 Å². The van der Waals surface area contributed by atoms with Crippen molar-refractivity contribution in [1.29, 1.82) is 0 Å². The highest BCUT2D eigenvalue weighted by Gasteiger charge is 2.33. The molecule has 0 amide bonds. The second-order valence-corrected chi connectivity index (χ2v) is 5.27. The molecule has 0 unspecified atom stereocenters. The van der Waals surface area contributed by atoms with Gasteiger partial charge in [-0.2, -0.15) is 0 Å². The zero-order valence-electron chi connectivity index (χ0n) is 10.7. The predicted octanol–water partition coefficient (Wildman–Crippen LogP) is 0.715. The van der Waals surface area contributed by atoms with Crippen LogP contribution in [-0.2, 0) is 4.79 Å². The number of rotatable bonds is 2. The molecule has 102 valence electrons. The summed E-state index contributed by atoms with van der Waals surface area (Å²) in [5, 5.41) is 0. The summed E-state index contributed by atoms with van der Waals surface area (Å²) in [5.41, 5.74) is 0. The van der Waals surface area contributed by atoms with Crippen LogP contribution in [0.5, 0.6) is 0 Å². The minimum absolute atomic E-state index is 0.185. The average molecular weight is 264 g/mol. The highest BCUT2D eigenvalue weighted by atomic mass is 19.1. The minimum Gasteiger partial charge on any atom is -0.338 e. The number of aldehydes is 1. The Balaban J connectivity index is 1.66. The largest absolute Gasteiger partial charge is 0.338 e. The van der Waals surface area contributed by atoms with Crippen LogP contribution >= 0.6 is 0 Å². The fourth-order valence-corrected chi connectivity index (χ4v) is 2.97. The SMILES string of the molecule is O=C[C@@H]1CC[C@H]2CN(c3ncc(F)cn3)CCN2C1. The number of piperidine rings is 1. The van der Waals surface area contributed by atoms with Crippen LogP contribution in [0.4, 0.5) is 10.3 Å². The van der Waals surface area contributed by atoms with Crippen LogP contribution in [-0.4, -0.2) is 53.4 Å². The Hall–Kier alpha value is -1.56. The van der Waals surface area contributed by atoms with Crippen molar-refractivity contribution in [1.82, 2.24) is 14.9 Å². The molecule has 0 aliphatic carbocycles. The molecule has 2 aliphatic rings. The maximum absolute atomic E-state index is 12.8. The fraction of sp³-hybridized carbons (Fsp3) is 0.615. The molecule has 0 radical (unpaired) electrons.